The number of para-hydroxylation sites is 1. The van der Waals surface area contributed by atoms with Crippen molar-refractivity contribution in [3.63, 3.8) is 0 Å². The molecule has 0 spiro atoms. The summed E-state index contributed by atoms with van der Waals surface area (Å²) in [5.74, 6) is 1.44. The zero-order valence-corrected chi connectivity index (χ0v) is 15.7. The highest BCUT2D eigenvalue weighted by Gasteiger charge is 2.33. The second-order valence-electron chi connectivity index (χ2n) is 7.02. The molecule has 0 saturated carbocycles. The summed E-state index contributed by atoms with van der Waals surface area (Å²) in [5.41, 5.74) is 4.46. The third-order valence-electron chi connectivity index (χ3n) is 5.06. The minimum atomic E-state index is -0.143. The lowest BCUT2D eigenvalue weighted by Gasteiger charge is -2.17. The zero-order chi connectivity index (χ0) is 19.3. The number of nitrogens with zero attached hydrogens (tertiary/aromatic N) is 5. The van der Waals surface area contributed by atoms with Crippen LogP contribution in [0.3, 0.4) is 0 Å². The fraction of sp³-hybridized carbons (Fsp3) is 0.190. The number of fused-ring (bicyclic) bond motifs is 1. The number of amides is 1. The van der Waals surface area contributed by atoms with Crippen molar-refractivity contribution < 1.29 is 9.32 Å². The van der Waals surface area contributed by atoms with Crippen LogP contribution in [0.5, 0.6) is 0 Å². The van der Waals surface area contributed by atoms with Gasteiger partial charge in [0.15, 0.2) is 5.69 Å². The Labute approximate surface area is 161 Å². The van der Waals surface area contributed by atoms with Crippen molar-refractivity contribution in [2.24, 2.45) is 0 Å². The summed E-state index contributed by atoms with van der Waals surface area (Å²) >= 11 is 0. The second kappa shape index (κ2) is 6.23. The number of hydrogen-bond donors (Lipinski definition) is 0. The average molecular weight is 373 g/mol. The molecule has 7 heteroatoms. The molecule has 0 saturated heterocycles. The molecule has 0 bridgehead atoms. The van der Waals surface area contributed by atoms with Crippen molar-refractivity contribution in [3.05, 3.63) is 83.1 Å². The van der Waals surface area contributed by atoms with E-state index in [1.165, 1.54) is 0 Å². The van der Waals surface area contributed by atoms with E-state index in [0.717, 1.165) is 28.3 Å². The highest BCUT2D eigenvalue weighted by molar-refractivity contribution is 5.92. The molecule has 5 rings (SSSR count). The predicted molar refractivity (Wildman–Crippen MR) is 102 cm³/mol. The van der Waals surface area contributed by atoms with E-state index < -0.39 is 0 Å². The van der Waals surface area contributed by atoms with Crippen LogP contribution in [0, 0.1) is 13.8 Å². The Bertz CT molecular complexity index is 1170. The average Bonchev–Trinajstić information content (AvgIpc) is 3.45. The Kier molecular flexibility index (Phi) is 3.68. The van der Waals surface area contributed by atoms with Crippen molar-refractivity contribution in [2.75, 3.05) is 0 Å². The van der Waals surface area contributed by atoms with Crippen LogP contribution in [0.1, 0.15) is 33.1 Å². The molecule has 4 heterocycles. The standard InChI is InChI=1S/C21H19N5O2/c1-14-7-3-4-8-19(14)26-20(24-9-5-6-10-24)16-12-25(13-18(16)22-26)21(27)17-11-15(2)28-23-17/h3-11H,12-13H2,1-2H3. The minimum absolute atomic E-state index is 0.143. The van der Waals surface area contributed by atoms with Crippen LogP contribution in [0.15, 0.2) is 59.4 Å². The van der Waals surface area contributed by atoms with E-state index in [2.05, 4.69) is 24.2 Å². The van der Waals surface area contributed by atoms with Gasteiger partial charge in [-0.05, 0) is 37.6 Å². The maximum absolute atomic E-state index is 12.8. The van der Waals surface area contributed by atoms with Gasteiger partial charge in [-0.2, -0.15) is 5.10 Å². The summed E-state index contributed by atoms with van der Waals surface area (Å²) in [4.78, 5) is 14.5. The van der Waals surface area contributed by atoms with Crippen LogP contribution >= 0.6 is 0 Å². The van der Waals surface area contributed by atoms with Gasteiger partial charge in [-0.15, -0.1) is 0 Å². The first-order chi connectivity index (χ1) is 13.6. The van der Waals surface area contributed by atoms with Crippen LogP contribution < -0.4 is 0 Å². The predicted octanol–water partition coefficient (Wildman–Crippen LogP) is 3.42. The van der Waals surface area contributed by atoms with E-state index in [-0.39, 0.29) is 5.91 Å². The van der Waals surface area contributed by atoms with Crippen LogP contribution in [0.25, 0.3) is 11.5 Å². The first kappa shape index (κ1) is 16.6. The Hall–Kier alpha value is -3.61. The van der Waals surface area contributed by atoms with Gasteiger partial charge in [0.25, 0.3) is 5.91 Å². The SMILES string of the molecule is Cc1cc(C(=O)N2Cc3nn(-c4ccccc4C)c(-n4cccc4)c3C2)no1. The minimum Gasteiger partial charge on any atom is -0.361 e. The molecule has 28 heavy (non-hydrogen) atoms. The van der Waals surface area contributed by atoms with Gasteiger partial charge in [0.1, 0.15) is 11.6 Å². The molecule has 1 amide bonds. The largest absolute Gasteiger partial charge is 0.361 e. The summed E-state index contributed by atoms with van der Waals surface area (Å²) in [6.45, 7) is 4.79. The van der Waals surface area contributed by atoms with Gasteiger partial charge in [0, 0.05) is 24.0 Å². The van der Waals surface area contributed by atoms with Crippen molar-refractivity contribution in [1.29, 1.82) is 0 Å². The van der Waals surface area contributed by atoms with Gasteiger partial charge in [-0.1, -0.05) is 23.4 Å². The topological polar surface area (TPSA) is 69.1 Å². The van der Waals surface area contributed by atoms with E-state index in [1.807, 2.05) is 45.9 Å². The summed E-state index contributed by atoms with van der Waals surface area (Å²) in [5, 5.41) is 8.73. The fourth-order valence-electron chi connectivity index (χ4n) is 3.68. The molecule has 140 valence electrons. The van der Waals surface area contributed by atoms with Crippen LogP contribution in [0.2, 0.25) is 0 Å². The summed E-state index contributed by atoms with van der Waals surface area (Å²) in [6, 6.07) is 13.8. The fourth-order valence-corrected chi connectivity index (χ4v) is 3.68. The Morgan fingerprint density at radius 3 is 2.57 bits per heavy atom. The van der Waals surface area contributed by atoms with Gasteiger partial charge in [0.2, 0.25) is 0 Å². The van der Waals surface area contributed by atoms with Crippen molar-refractivity contribution in [3.8, 4) is 11.5 Å². The molecule has 4 aromatic rings. The summed E-state index contributed by atoms with van der Waals surface area (Å²) < 4.78 is 9.08. The quantitative estimate of drug-likeness (QED) is 0.552. The van der Waals surface area contributed by atoms with Crippen LogP contribution in [0.4, 0.5) is 0 Å². The van der Waals surface area contributed by atoms with Crippen molar-refractivity contribution >= 4 is 5.91 Å². The molecule has 0 fully saturated rings. The number of aryl methyl sites for hydroxylation is 2. The number of aromatic nitrogens is 4. The number of benzene rings is 1. The highest BCUT2D eigenvalue weighted by Crippen LogP contribution is 2.32. The smallest absolute Gasteiger partial charge is 0.276 e. The molecule has 0 N–H and O–H groups in total. The maximum atomic E-state index is 12.8. The van der Waals surface area contributed by atoms with Gasteiger partial charge in [-0.3, -0.25) is 4.79 Å². The maximum Gasteiger partial charge on any atom is 0.276 e. The molecule has 0 aliphatic carbocycles. The molecule has 0 atom stereocenters. The Morgan fingerprint density at radius 1 is 1.07 bits per heavy atom. The normalized spacial score (nSPS) is 13.1. The van der Waals surface area contributed by atoms with Gasteiger partial charge in [-0.25, -0.2) is 4.68 Å². The lowest BCUT2D eigenvalue weighted by Crippen LogP contribution is -2.26. The number of carbonyl (C=O) groups is 1. The zero-order valence-electron chi connectivity index (χ0n) is 15.7. The van der Waals surface area contributed by atoms with Gasteiger partial charge >= 0.3 is 0 Å². The Balaban J connectivity index is 1.57. The molecule has 7 nitrogen and oxygen atoms in total. The monoisotopic (exact) mass is 373 g/mol. The molecule has 0 unspecified atom stereocenters. The lowest BCUT2D eigenvalue weighted by molar-refractivity contribution is 0.0738. The van der Waals surface area contributed by atoms with Crippen molar-refractivity contribution in [1.82, 2.24) is 24.4 Å². The van der Waals surface area contributed by atoms with Gasteiger partial charge in [0.05, 0.1) is 24.5 Å². The van der Waals surface area contributed by atoms with Crippen LogP contribution in [-0.2, 0) is 13.1 Å². The molecule has 1 aliphatic rings. The first-order valence-corrected chi connectivity index (χ1v) is 9.14. The van der Waals surface area contributed by atoms with E-state index in [0.29, 0.717) is 24.5 Å². The molecule has 0 radical (unpaired) electrons. The van der Waals surface area contributed by atoms with E-state index >= 15 is 0 Å². The molecule has 1 aromatic carbocycles. The number of rotatable bonds is 3. The third kappa shape index (κ3) is 2.55. The second-order valence-corrected chi connectivity index (χ2v) is 7.02. The number of carbonyl (C=O) groups excluding carboxylic acids is 1. The first-order valence-electron chi connectivity index (χ1n) is 9.14. The lowest BCUT2D eigenvalue weighted by atomic mass is 10.2. The molecule has 3 aromatic heterocycles. The summed E-state index contributed by atoms with van der Waals surface area (Å²) in [6.07, 6.45) is 4.00. The van der Waals surface area contributed by atoms with Gasteiger partial charge < -0.3 is 14.0 Å². The van der Waals surface area contributed by atoms with Crippen molar-refractivity contribution in [2.45, 2.75) is 26.9 Å². The van der Waals surface area contributed by atoms with E-state index in [9.17, 15) is 4.79 Å². The molecular weight excluding hydrogens is 354 g/mol. The third-order valence-corrected chi connectivity index (χ3v) is 5.06. The van der Waals surface area contributed by atoms with E-state index in [4.69, 9.17) is 9.62 Å². The van der Waals surface area contributed by atoms with E-state index in [1.54, 1.807) is 17.9 Å². The van der Waals surface area contributed by atoms with Crippen LogP contribution in [-0.4, -0.2) is 30.3 Å². The molecular formula is C21H19N5O2. The number of hydrogen-bond acceptors (Lipinski definition) is 4. The summed E-state index contributed by atoms with van der Waals surface area (Å²) in [7, 11) is 0. The molecule has 1 aliphatic heterocycles. The Morgan fingerprint density at radius 2 is 1.86 bits per heavy atom. The highest BCUT2D eigenvalue weighted by atomic mass is 16.5.